The first-order chi connectivity index (χ1) is 22.9. The van der Waals surface area contributed by atoms with Crippen LogP contribution in [0.25, 0.3) is 0 Å². The lowest BCUT2D eigenvalue weighted by Crippen LogP contribution is -2.33. The van der Waals surface area contributed by atoms with Crippen LogP contribution in [0, 0.1) is 27.7 Å². The molecule has 0 saturated heterocycles. The summed E-state index contributed by atoms with van der Waals surface area (Å²) in [6.45, 7) is 4.95. The van der Waals surface area contributed by atoms with Crippen LogP contribution in [0.3, 0.4) is 0 Å². The highest BCUT2D eigenvalue weighted by atomic mass is 32.2. The molecule has 0 heterocycles. The van der Waals surface area contributed by atoms with Gasteiger partial charge in [-0.3, -0.25) is 0 Å². The Morgan fingerprint density at radius 1 is 0.367 bits per heavy atom. The third-order valence-corrected chi connectivity index (χ3v) is 12.0. The Bertz CT molecular complexity index is 1850. The zero-order valence-corrected chi connectivity index (χ0v) is 30.0. The summed E-state index contributed by atoms with van der Waals surface area (Å²) >= 11 is 0. The number of rotatable bonds is 16. The SMILES string of the molecule is Cc1ccc(S(=O)(=O)OC(COCC(OS(=O)(=O)c2ccc(C)cc2)OS(=O)(=O)c2ccc(C)cc2)OS(=O)(=O)c2ccc(C)cc2)cc1. The minimum atomic E-state index is -4.65. The molecule has 0 bridgehead atoms. The molecule has 0 aliphatic heterocycles. The van der Waals surface area contributed by atoms with Gasteiger partial charge in [-0.05, 0) is 76.2 Å². The van der Waals surface area contributed by atoms with Crippen LogP contribution in [0.5, 0.6) is 0 Å². The van der Waals surface area contributed by atoms with E-state index in [-0.39, 0.29) is 19.6 Å². The summed E-state index contributed by atoms with van der Waals surface area (Å²) in [5.41, 5.74) is 2.96. The molecule has 0 aromatic heterocycles. The van der Waals surface area contributed by atoms with E-state index in [0.29, 0.717) is 0 Å². The Morgan fingerprint density at radius 2 is 0.551 bits per heavy atom. The number of benzene rings is 4. The molecule has 0 atom stereocenters. The predicted molar refractivity (Wildman–Crippen MR) is 176 cm³/mol. The van der Waals surface area contributed by atoms with E-state index in [1.165, 1.54) is 97.1 Å². The largest absolute Gasteiger partial charge is 0.371 e. The molecule has 0 spiro atoms. The van der Waals surface area contributed by atoms with Crippen LogP contribution >= 0.6 is 0 Å². The molecule has 0 fully saturated rings. The number of ether oxygens (including phenoxy) is 1. The molecule has 4 rings (SSSR count). The van der Waals surface area contributed by atoms with Gasteiger partial charge in [-0.25, -0.2) is 16.7 Å². The summed E-state index contributed by atoms with van der Waals surface area (Å²) in [5.74, 6) is 0. The predicted octanol–water partition coefficient (Wildman–Crippen LogP) is 4.51. The molecule has 0 aliphatic rings. The van der Waals surface area contributed by atoms with Gasteiger partial charge in [0.25, 0.3) is 40.5 Å². The first kappa shape index (κ1) is 38.3. The maximum absolute atomic E-state index is 13.1. The van der Waals surface area contributed by atoms with E-state index < -0.39 is 66.3 Å². The summed E-state index contributed by atoms with van der Waals surface area (Å²) < 4.78 is 131. The van der Waals surface area contributed by atoms with Gasteiger partial charge in [0.05, 0.1) is 19.6 Å². The molecule has 4 aromatic carbocycles. The maximum atomic E-state index is 13.1. The minimum absolute atomic E-state index is 0.322. The molecule has 49 heavy (non-hydrogen) atoms. The van der Waals surface area contributed by atoms with E-state index in [1.807, 2.05) is 0 Å². The number of aryl methyl sites for hydroxylation is 4. The summed E-state index contributed by atoms with van der Waals surface area (Å²) in [7, 11) is -18.6. The first-order valence-electron chi connectivity index (χ1n) is 14.4. The molecule has 4 aromatic rings. The average molecular weight is 755 g/mol. The Labute approximate surface area is 286 Å². The quantitative estimate of drug-likeness (QED) is 0.115. The van der Waals surface area contributed by atoms with Gasteiger partial charge < -0.3 is 4.74 Å². The van der Waals surface area contributed by atoms with Crippen molar-refractivity contribution in [2.45, 2.75) is 59.9 Å². The molecule has 0 radical (unpaired) electrons. The molecule has 0 aliphatic carbocycles. The second-order valence-corrected chi connectivity index (χ2v) is 17.1. The van der Waals surface area contributed by atoms with E-state index in [9.17, 15) is 33.7 Å². The van der Waals surface area contributed by atoms with Crippen molar-refractivity contribution in [2.24, 2.45) is 0 Å². The van der Waals surface area contributed by atoms with Crippen molar-refractivity contribution < 1.29 is 55.1 Å². The van der Waals surface area contributed by atoms with Crippen LogP contribution in [0.2, 0.25) is 0 Å². The van der Waals surface area contributed by atoms with E-state index in [4.69, 9.17) is 21.5 Å². The summed E-state index contributed by atoms with van der Waals surface area (Å²) in [5, 5.41) is 0. The summed E-state index contributed by atoms with van der Waals surface area (Å²) in [6.07, 6.45) is -4.33. The van der Waals surface area contributed by atoms with Crippen molar-refractivity contribution in [3.63, 3.8) is 0 Å². The van der Waals surface area contributed by atoms with Crippen molar-refractivity contribution in [2.75, 3.05) is 13.2 Å². The van der Waals surface area contributed by atoms with E-state index in [1.54, 1.807) is 27.7 Å². The van der Waals surface area contributed by atoms with Gasteiger partial charge in [0.2, 0.25) is 12.6 Å². The van der Waals surface area contributed by atoms with Gasteiger partial charge in [0, 0.05) is 0 Å². The van der Waals surface area contributed by atoms with Crippen molar-refractivity contribution in [3.8, 4) is 0 Å². The number of hydrogen-bond acceptors (Lipinski definition) is 13. The fraction of sp³-hybridized carbons (Fsp3) is 0.250. The minimum Gasteiger partial charge on any atom is -0.371 e. The highest BCUT2D eigenvalue weighted by Crippen LogP contribution is 2.23. The molecular weight excluding hydrogens is 721 g/mol. The van der Waals surface area contributed by atoms with Crippen LogP contribution in [0.4, 0.5) is 0 Å². The zero-order valence-electron chi connectivity index (χ0n) is 26.7. The number of hydrogen-bond donors (Lipinski definition) is 0. The van der Waals surface area contributed by atoms with Gasteiger partial charge in [0.1, 0.15) is 13.2 Å². The van der Waals surface area contributed by atoms with Crippen LogP contribution in [-0.2, 0) is 61.9 Å². The molecule has 0 saturated carbocycles. The fourth-order valence-electron chi connectivity index (χ4n) is 4.01. The van der Waals surface area contributed by atoms with Crippen molar-refractivity contribution in [1.29, 1.82) is 0 Å². The van der Waals surface area contributed by atoms with Crippen molar-refractivity contribution >= 4 is 40.5 Å². The van der Waals surface area contributed by atoms with Crippen LogP contribution in [-0.4, -0.2) is 59.5 Å². The summed E-state index contributed by atoms with van der Waals surface area (Å²) in [6, 6.07) is 21.8. The van der Waals surface area contributed by atoms with Crippen LogP contribution < -0.4 is 0 Å². The normalized spacial score (nSPS) is 12.9. The third kappa shape index (κ3) is 10.7. The Hall–Kier alpha value is -3.52. The lowest BCUT2D eigenvalue weighted by molar-refractivity contribution is -0.0977. The molecule has 0 amide bonds. The molecule has 264 valence electrons. The second kappa shape index (κ2) is 15.6. The van der Waals surface area contributed by atoms with Gasteiger partial charge in [-0.15, -0.1) is 0 Å². The monoisotopic (exact) mass is 754 g/mol. The second-order valence-electron chi connectivity index (χ2n) is 10.9. The van der Waals surface area contributed by atoms with Gasteiger partial charge in [-0.1, -0.05) is 70.8 Å². The van der Waals surface area contributed by atoms with E-state index in [2.05, 4.69) is 0 Å². The van der Waals surface area contributed by atoms with E-state index in [0.717, 1.165) is 22.3 Å². The topological polar surface area (TPSA) is 183 Å². The van der Waals surface area contributed by atoms with Gasteiger partial charge in [0.15, 0.2) is 0 Å². The summed E-state index contributed by atoms with van der Waals surface area (Å²) in [4.78, 5) is -1.29. The Kier molecular flexibility index (Phi) is 12.2. The van der Waals surface area contributed by atoms with Crippen LogP contribution in [0.1, 0.15) is 22.3 Å². The molecular formula is C32H34O13S4. The maximum Gasteiger partial charge on any atom is 0.299 e. The molecule has 0 N–H and O–H groups in total. The highest BCUT2D eigenvalue weighted by Gasteiger charge is 2.32. The van der Waals surface area contributed by atoms with Gasteiger partial charge in [-0.2, -0.15) is 33.7 Å². The van der Waals surface area contributed by atoms with E-state index >= 15 is 0 Å². The smallest absolute Gasteiger partial charge is 0.299 e. The lowest BCUT2D eigenvalue weighted by Gasteiger charge is -2.21. The third-order valence-electron chi connectivity index (χ3n) is 6.68. The highest BCUT2D eigenvalue weighted by molar-refractivity contribution is 7.88. The lowest BCUT2D eigenvalue weighted by atomic mass is 10.2. The van der Waals surface area contributed by atoms with Crippen molar-refractivity contribution in [1.82, 2.24) is 0 Å². The molecule has 17 heteroatoms. The molecule has 13 nitrogen and oxygen atoms in total. The molecule has 0 unspecified atom stereocenters. The van der Waals surface area contributed by atoms with Crippen molar-refractivity contribution in [3.05, 3.63) is 119 Å². The Balaban J connectivity index is 1.61. The fourth-order valence-corrected chi connectivity index (χ4v) is 7.94. The zero-order chi connectivity index (χ0) is 36.0. The first-order valence-corrected chi connectivity index (χ1v) is 20.1. The van der Waals surface area contributed by atoms with Gasteiger partial charge >= 0.3 is 0 Å². The standard InChI is InChI=1S/C32H34O13S4/c1-23-5-13-27(14-6-23)46(33,34)42-31(43-47(35,36)28-15-7-24(2)8-16-28)21-41-22-32(44-48(37,38)29-17-9-25(3)10-18-29)45-49(39,40)30-19-11-26(4)12-20-30/h5-20,31-32H,21-22H2,1-4H3. The van der Waals surface area contributed by atoms with Crippen LogP contribution in [0.15, 0.2) is 117 Å². The average Bonchev–Trinajstić information content (AvgIpc) is 3.01. The Morgan fingerprint density at radius 3 is 0.735 bits per heavy atom.